The molecule has 9 aromatic carbocycles. The quantitative estimate of drug-likeness (QED) is 0.162. The third kappa shape index (κ3) is 5.98. The molecule has 0 atom stereocenters. The largest absolute Gasteiger partial charge is 0.309 e. The SMILES string of the molecule is c1ccc(-c2nc(-c3ccccc3)nc(-c3cccc4c3c3cc(-c5cccc(-c6ccc7c(c6)c6ccccc6n7-c6ccccc6)c5)ccc3n4-c3ccccc3)n2)cc1. The molecule has 3 aromatic heterocycles. The zero-order valence-electron chi connectivity index (χ0n) is 33.6. The fraction of sp³-hybridized carbons (Fsp3) is 0. The monoisotopic (exact) mass is 791 g/mol. The number of nitrogens with zero attached hydrogens (tertiary/aromatic N) is 5. The normalized spacial score (nSPS) is 11.5. The van der Waals surface area contributed by atoms with Gasteiger partial charge in [0.15, 0.2) is 17.5 Å². The topological polar surface area (TPSA) is 48.5 Å². The maximum absolute atomic E-state index is 5.19. The molecular weight excluding hydrogens is 755 g/mol. The minimum absolute atomic E-state index is 0.631. The van der Waals surface area contributed by atoms with Crippen molar-refractivity contribution < 1.29 is 0 Å². The molecule has 12 aromatic rings. The third-order valence-electron chi connectivity index (χ3n) is 12.0. The summed E-state index contributed by atoms with van der Waals surface area (Å²) in [7, 11) is 0. The Morgan fingerprint density at radius 3 is 1.29 bits per heavy atom. The smallest absolute Gasteiger partial charge is 0.164 e. The van der Waals surface area contributed by atoms with Gasteiger partial charge in [-0.05, 0) is 89.0 Å². The highest BCUT2D eigenvalue weighted by atomic mass is 15.0. The van der Waals surface area contributed by atoms with Crippen molar-refractivity contribution >= 4 is 43.6 Å². The van der Waals surface area contributed by atoms with Gasteiger partial charge in [0.1, 0.15) is 0 Å². The van der Waals surface area contributed by atoms with Crippen molar-refractivity contribution in [3.05, 3.63) is 224 Å². The van der Waals surface area contributed by atoms with E-state index in [4.69, 9.17) is 15.0 Å². The van der Waals surface area contributed by atoms with E-state index >= 15 is 0 Å². The highest BCUT2D eigenvalue weighted by Crippen LogP contribution is 2.41. The van der Waals surface area contributed by atoms with Crippen LogP contribution >= 0.6 is 0 Å². The molecule has 0 amide bonds. The van der Waals surface area contributed by atoms with Crippen LogP contribution in [0.5, 0.6) is 0 Å². The molecule has 12 rings (SSSR count). The predicted molar refractivity (Wildman–Crippen MR) is 256 cm³/mol. The van der Waals surface area contributed by atoms with Crippen molar-refractivity contribution in [1.29, 1.82) is 0 Å². The number of rotatable bonds is 7. The Kier molecular flexibility index (Phi) is 8.42. The first-order valence-corrected chi connectivity index (χ1v) is 20.9. The number of fused-ring (bicyclic) bond motifs is 6. The molecule has 5 nitrogen and oxygen atoms in total. The first-order chi connectivity index (χ1) is 30.7. The van der Waals surface area contributed by atoms with Gasteiger partial charge in [-0.15, -0.1) is 0 Å². The highest BCUT2D eigenvalue weighted by molar-refractivity contribution is 6.16. The van der Waals surface area contributed by atoms with Crippen molar-refractivity contribution in [2.75, 3.05) is 0 Å². The molecule has 0 aliphatic carbocycles. The van der Waals surface area contributed by atoms with Crippen LogP contribution in [0.1, 0.15) is 0 Å². The molecule has 0 fully saturated rings. The van der Waals surface area contributed by atoms with Crippen LogP contribution < -0.4 is 0 Å². The predicted octanol–water partition coefficient (Wildman–Crippen LogP) is 14.4. The van der Waals surface area contributed by atoms with E-state index in [0.29, 0.717) is 17.5 Å². The van der Waals surface area contributed by atoms with Crippen molar-refractivity contribution in [3.8, 4) is 67.8 Å². The number of hydrogen-bond acceptors (Lipinski definition) is 3. The summed E-state index contributed by atoms with van der Waals surface area (Å²) in [6.07, 6.45) is 0. The van der Waals surface area contributed by atoms with Crippen molar-refractivity contribution in [2.24, 2.45) is 0 Å². The van der Waals surface area contributed by atoms with Gasteiger partial charge in [0.25, 0.3) is 0 Å². The number of para-hydroxylation sites is 3. The number of hydrogen-bond donors (Lipinski definition) is 0. The van der Waals surface area contributed by atoms with Crippen LogP contribution in [-0.2, 0) is 0 Å². The van der Waals surface area contributed by atoms with E-state index in [1.54, 1.807) is 0 Å². The molecule has 0 aliphatic rings. The summed E-state index contributed by atoms with van der Waals surface area (Å²) in [6, 6.07) is 79.3. The van der Waals surface area contributed by atoms with E-state index in [9.17, 15) is 0 Å². The van der Waals surface area contributed by atoms with Gasteiger partial charge in [-0.1, -0.05) is 158 Å². The lowest BCUT2D eigenvalue weighted by molar-refractivity contribution is 1.08. The Morgan fingerprint density at radius 1 is 0.258 bits per heavy atom. The fourth-order valence-electron chi connectivity index (χ4n) is 9.11. The molecule has 0 aliphatic heterocycles. The van der Waals surface area contributed by atoms with Gasteiger partial charge in [0.05, 0.1) is 22.1 Å². The highest BCUT2D eigenvalue weighted by Gasteiger charge is 2.21. The second-order valence-electron chi connectivity index (χ2n) is 15.6. The Labute approximate surface area is 358 Å². The third-order valence-corrected chi connectivity index (χ3v) is 12.0. The molecule has 0 N–H and O–H groups in total. The van der Waals surface area contributed by atoms with E-state index in [0.717, 1.165) is 61.0 Å². The minimum Gasteiger partial charge on any atom is -0.309 e. The first-order valence-electron chi connectivity index (χ1n) is 20.9. The molecule has 0 saturated heterocycles. The van der Waals surface area contributed by atoms with Crippen LogP contribution in [0.15, 0.2) is 224 Å². The van der Waals surface area contributed by atoms with E-state index in [2.05, 4.69) is 197 Å². The van der Waals surface area contributed by atoms with Crippen molar-refractivity contribution in [3.63, 3.8) is 0 Å². The average Bonchev–Trinajstić information content (AvgIpc) is 3.87. The summed E-state index contributed by atoms with van der Waals surface area (Å²) < 4.78 is 4.72. The van der Waals surface area contributed by atoms with Crippen molar-refractivity contribution in [2.45, 2.75) is 0 Å². The summed E-state index contributed by atoms with van der Waals surface area (Å²) in [5.41, 5.74) is 14.3. The summed E-state index contributed by atoms with van der Waals surface area (Å²) in [5, 5.41) is 4.69. The first kappa shape index (κ1) is 35.5. The molecule has 3 heterocycles. The van der Waals surface area contributed by atoms with E-state index in [1.807, 2.05) is 36.4 Å². The lowest BCUT2D eigenvalue weighted by Crippen LogP contribution is -2.00. The number of benzene rings is 9. The summed E-state index contributed by atoms with van der Waals surface area (Å²) in [6.45, 7) is 0. The van der Waals surface area contributed by atoms with E-state index < -0.39 is 0 Å². The summed E-state index contributed by atoms with van der Waals surface area (Å²) >= 11 is 0. The molecular formula is C57H37N5. The maximum Gasteiger partial charge on any atom is 0.164 e. The Bertz CT molecular complexity index is 3550. The Balaban J connectivity index is 1.04. The van der Waals surface area contributed by atoms with Crippen LogP contribution in [-0.4, -0.2) is 24.1 Å². The van der Waals surface area contributed by atoms with Crippen LogP contribution in [0, 0.1) is 0 Å². The van der Waals surface area contributed by atoms with Gasteiger partial charge in [0.2, 0.25) is 0 Å². The standard InChI is InChI=1S/C57H37N5/c1-5-17-38(18-6-1)55-58-56(39-19-7-2-8-20-39)60-57(59-55)47-28-16-30-53-54(47)49-37-43(32-34-52(49)62(53)45-25-11-4-12-26-45)41-22-15-21-40(35-41)42-31-33-51-48(36-42)46-27-13-14-29-50(46)61(51)44-23-9-3-10-24-44/h1-37H. The molecule has 0 spiro atoms. The second kappa shape index (κ2) is 14.7. The van der Waals surface area contributed by atoms with Gasteiger partial charge in [-0.25, -0.2) is 15.0 Å². The maximum atomic E-state index is 5.19. The Hall–Kier alpha value is -8.41. The molecule has 0 unspecified atom stereocenters. The summed E-state index contributed by atoms with van der Waals surface area (Å²) in [5.74, 6) is 1.91. The van der Waals surface area contributed by atoms with Gasteiger partial charge >= 0.3 is 0 Å². The molecule has 0 radical (unpaired) electrons. The zero-order chi connectivity index (χ0) is 41.0. The second-order valence-corrected chi connectivity index (χ2v) is 15.6. The Morgan fingerprint density at radius 2 is 0.677 bits per heavy atom. The lowest BCUT2D eigenvalue weighted by Gasteiger charge is -2.10. The van der Waals surface area contributed by atoms with Crippen LogP contribution in [0.2, 0.25) is 0 Å². The van der Waals surface area contributed by atoms with Gasteiger partial charge in [0, 0.05) is 49.6 Å². The lowest BCUT2D eigenvalue weighted by atomic mass is 9.96. The molecule has 0 saturated carbocycles. The zero-order valence-corrected chi connectivity index (χ0v) is 33.6. The van der Waals surface area contributed by atoms with Gasteiger partial charge < -0.3 is 9.13 Å². The summed E-state index contributed by atoms with van der Waals surface area (Å²) in [4.78, 5) is 15.4. The van der Waals surface area contributed by atoms with E-state index in [1.165, 1.54) is 32.9 Å². The number of aromatic nitrogens is 5. The molecule has 290 valence electrons. The minimum atomic E-state index is 0.631. The van der Waals surface area contributed by atoms with E-state index in [-0.39, 0.29) is 0 Å². The average molecular weight is 792 g/mol. The van der Waals surface area contributed by atoms with Gasteiger partial charge in [-0.3, -0.25) is 0 Å². The fourth-order valence-corrected chi connectivity index (χ4v) is 9.11. The van der Waals surface area contributed by atoms with Crippen LogP contribution in [0.3, 0.4) is 0 Å². The van der Waals surface area contributed by atoms with Crippen LogP contribution in [0.4, 0.5) is 0 Å². The van der Waals surface area contributed by atoms with Crippen LogP contribution in [0.25, 0.3) is 111 Å². The molecule has 0 bridgehead atoms. The van der Waals surface area contributed by atoms with Crippen molar-refractivity contribution in [1.82, 2.24) is 24.1 Å². The van der Waals surface area contributed by atoms with Gasteiger partial charge in [-0.2, -0.15) is 0 Å². The molecule has 5 heteroatoms. The molecule has 62 heavy (non-hydrogen) atoms.